The second kappa shape index (κ2) is 12.7. The summed E-state index contributed by atoms with van der Waals surface area (Å²) in [4.78, 5) is 0. The Morgan fingerprint density at radius 1 is 0.917 bits per heavy atom. The maximum atomic E-state index is 12.1. The summed E-state index contributed by atoms with van der Waals surface area (Å²) >= 11 is 0. The number of hydrogen-bond donors (Lipinski definition) is 3. The van der Waals surface area contributed by atoms with Crippen molar-refractivity contribution in [3.8, 4) is 16.9 Å². The van der Waals surface area contributed by atoms with Gasteiger partial charge in [-0.3, -0.25) is 0 Å². The summed E-state index contributed by atoms with van der Waals surface area (Å²) in [6.45, 7) is 1.18. The lowest BCUT2D eigenvalue weighted by atomic mass is 9.68. The van der Waals surface area contributed by atoms with Gasteiger partial charge >= 0.3 is 0 Å². The quantitative estimate of drug-likeness (QED) is 0.352. The molecule has 194 valence electrons. The molecule has 1 saturated carbocycles. The average molecular weight is 530 g/mol. The maximum absolute atomic E-state index is 12.1. The molecule has 36 heavy (non-hydrogen) atoms. The van der Waals surface area contributed by atoms with E-state index < -0.39 is 10.2 Å². The normalized spacial score (nSPS) is 19.9. The molecule has 0 spiro atoms. The van der Waals surface area contributed by atoms with E-state index in [4.69, 9.17) is 4.74 Å². The Labute approximate surface area is 221 Å². The van der Waals surface area contributed by atoms with E-state index in [1.54, 1.807) is 7.11 Å². The minimum absolute atomic E-state index is 0. The molecule has 4 rings (SSSR count). The SMILES string of the molecule is CNS(=O)(=O)NC[C@]1(c2cccc(OC)c2)CC[C@H](NCc2ccc(-c3ccccc3)cc2)CC1.Cl. The standard InChI is InChI=1S/C28H35N3O3S.ClH/c1-29-35(32,33)31-21-28(25-9-6-10-27(19-25)34-2)17-15-26(16-18-28)30-20-22-11-13-24(14-12-22)23-7-4-3-5-8-23;/h3-14,19,26,29-31H,15-18,20-21H2,1-2H3;1H/t26-,28-;. The van der Waals surface area contributed by atoms with Gasteiger partial charge in [0.15, 0.2) is 0 Å². The summed E-state index contributed by atoms with van der Waals surface area (Å²) in [5, 5.41) is 3.72. The zero-order valence-corrected chi connectivity index (χ0v) is 22.5. The number of methoxy groups -OCH3 is 1. The molecular weight excluding hydrogens is 494 g/mol. The Kier molecular flexibility index (Phi) is 9.93. The first-order chi connectivity index (χ1) is 16.9. The van der Waals surface area contributed by atoms with Crippen LogP contribution >= 0.6 is 12.4 Å². The van der Waals surface area contributed by atoms with Gasteiger partial charge < -0.3 is 10.1 Å². The lowest BCUT2D eigenvalue weighted by Gasteiger charge is -2.41. The average Bonchev–Trinajstić information content (AvgIpc) is 2.92. The molecule has 3 N–H and O–H groups in total. The van der Waals surface area contributed by atoms with Crippen LogP contribution in [0.2, 0.25) is 0 Å². The third-order valence-electron chi connectivity index (χ3n) is 7.15. The van der Waals surface area contributed by atoms with E-state index in [1.165, 1.54) is 23.7 Å². The Hall–Kier alpha value is -2.42. The third-order valence-corrected chi connectivity index (χ3v) is 8.21. The minimum atomic E-state index is -3.51. The molecule has 3 aromatic carbocycles. The predicted octanol–water partition coefficient (Wildman–Crippen LogP) is 4.81. The van der Waals surface area contributed by atoms with Gasteiger partial charge in [-0.1, -0.05) is 66.7 Å². The predicted molar refractivity (Wildman–Crippen MR) is 149 cm³/mol. The highest BCUT2D eigenvalue weighted by atomic mass is 35.5. The molecule has 0 aliphatic heterocycles. The van der Waals surface area contributed by atoms with Gasteiger partial charge in [0.25, 0.3) is 10.2 Å². The van der Waals surface area contributed by atoms with Gasteiger partial charge in [0.1, 0.15) is 5.75 Å². The Morgan fingerprint density at radius 3 is 2.22 bits per heavy atom. The summed E-state index contributed by atoms with van der Waals surface area (Å²) in [5.41, 5.74) is 4.55. The van der Waals surface area contributed by atoms with Gasteiger partial charge in [0.2, 0.25) is 0 Å². The second-order valence-electron chi connectivity index (χ2n) is 9.26. The zero-order chi connectivity index (χ0) is 24.7. The van der Waals surface area contributed by atoms with Crippen LogP contribution in [0, 0.1) is 0 Å². The summed E-state index contributed by atoms with van der Waals surface area (Å²) in [5.74, 6) is 0.789. The van der Waals surface area contributed by atoms with Crippen molar-refractivity contribution in [2.75, 3.05) is 20.7 Å². The molecule has 0 saturated heterocycles. The highest BCUT2D eigenvalue weighted by Crippen LogP contribution is 2.40. The van der Waals surface area contributed by atoms with Crippen LogP contribution in [0.3, 0.4) is 0 Å². The molecule has 0 aromatic heterocycles. The van der Waals surface area contributed by atoms with Crippen LogP contribution in [-0.4, -0.2) is 35.2 Å². The molecule has 6 nitrogen and oxygen atoms in total. The third kappa shape index (κ3) is 7.08. The summed E-state index contributed by atoms with van der Waals surface area (Å²) in [6, 6.07) is 27.5. The van der Waals surface area contributed by atoms with E-state index in [0.29, 0.717) is 12.6 Å². The molecule has 1 aliphatic rings. The Bertz CT molecular complexity index is 1200. The van der Waals surface area contributed by atoms with Crippen molar-refractivity contribution in [1.29, 1.82) is 0 Å². The summed E-state index contributed by atoms with van der Waals surface area (Å²) < 4.78 is 34.8. The fraction of sp³-hybridized carbons (Fsp3) is 0.357. The first-order valence-electron chi connectivity index (χ1n) is 12.1. The van der Waals surface area contributed by atoms with E-state index in [1.807, 2.05) is 24.3 Å². The van der Waals surface area contributed by atoms with Crippen molar-refractivity contribution < 1.29 is 13.2 Å². The molecule has 0 atom stereocenters. The molecule has 0 unspecified atom stereocenters. The van der Waals surface area contributed by atoms with Crippen LogP contribution in [0.5, 0.6) is 5.75 Å². The molecule has 3 aromatic rings. The van der Waals surface area contributed by atoms with Crippen molar-refractivity contribution in [1.82, 2.24) is 14.8 Å². The molecule has 0 amide bonds. The number of benzene rings is 3. The molecule has 8 heteroatoms. The fourth-order valence-electron chi connectivity index (χ4n) is 4.91. The van der Waals surface area contributed by atoms with E-state index in [9.17, 15) is 8.42 Å². The number of ether oxygens (including phenoxy) is 1. The Balaban J connectivity index is 0.00000361. The van der Waals surface area contributed by atoms with E-state index in [-0.39, 0.29) is 17.8 Å². The van der Waals surface area contributed by atoms with Crippen LogP contribution in [0.4, 0.5) is 0 Å². The molecule has 0 bridgehead atoms. The van der Waals surface area contributed by atoms with Crippen molar-refractivity contribution in [2.45, 2.75) is 43.7 Å². The zero-order valence-electron chi connectivity index (χ0n) is 20.9. The van der Waals surface area contributed by atoms with Gasteiger partial charge in [-0.15, -0.1) is 12.4 Å². The van der Waals surface area contributed by atoms with Gasteiger partial charge in [0, 0.05) is 31.6 Å². The van der Waals surface area contributed by atoms with Gasteiger partial charge in [0.05, 0.1) is 7.11 Å². The van der Waals surface area contributed by atoms with Crippen molar-refractivity contribution in [3.05, 3.63) is 90.0 Å². The number of nitrogens with one attached hydrogen (secondary N) is 3. The Morgan fingerprint density at radius 2 is 1.58 bits per heavy atom. The van der Waals surface area contributed by atoms with Gasteiger partial charge in [-0.25, -0.2) is 9.44 Å². The molecule has 1 aliphatic carbocycles. The van der Waals surface area contributed by atoms with E-state index in [0.717, 1.165) is 43.5 Å². The van der Waals surface area contributed by atoms with Crippen LogP contribution in [-0.2, 0) is 22.2 Å². The van der Waals surface area contributed by atoms with Gasteiger partial charge in [-0.2, -0.15) is 8.42 Å². The first-order valence-corrected chi connectivity index (χ1v) is 13.6. The lowest BCUT2D eigenvalue weighted by molar-refractivity contribution is 0.245. The summed E-state index contributed by atoms with van der Waals surface area (Å²) in [6.07, 6.45) is 3.72. The van der Waals surface area contributed by atoms with Crippen molar-refractivity contribution in [2.24, 2.45) is 0 Å². The highest BCUT2D eigenvalue weighted by Gasteiger charge is 2.37. The van der Waals surface area contributed by atoms with E-state index >= 15 is 0 Å². The molecule has 0 radical (unpaired) electrons. The van der Waals surface area contributed by atoms with Gasteiger partial charge in [-0.05, 0) is 60.1 Å². The molecule has 1 fully saturated rings. The van der Waals surface area contributed by atoms with Crippen molar-refractivity contribution >= 4 is 22.6 Å². The number of hydrogen-bond acceptors (Lipinski definition) is 4. The van der Waals surface area contributed by atoms with Crippen molar-refractivity contribution in [3.63, 3.8) is 0 Å². The number of rotatable bonds is 10. The van der Waals surface area contributed by atoms with Crippen LogP contribution in [0.25, 0.3) is 11.1 Å². The smallest absolute Gasteiger partial charge is 0.276 e. The first kappa shape index (κ1) is 28.2. The minimum Gasteiger partial charge on any atom is -0.497 e. The van der Waals surface area contributed by atoms with Crippen LogP contribution in [0.15, 0.2) is 78.9 Å². The van der Waals surface area contributed by atoms with Crippen LogP contribution in [0.1, 0.15) is 36.8 Å². The van der Waals surface area contributed by atoms with Crippen LogP contribution < -0.4 is 19.5 Å². The topological polar surface area (TPSA) is 79.5 Å². The number of halogens is 1. The lowest BCUT2D eigenvalue weighted by Crippen LogP contribution is -2.48. The van der Waals surface area contributed by atoms with E-state index in [2.05, 4.69) is 69.4 Å². The summed E-state index contributed by atoms with van der Waals surface area (Å²) in [7, 11) is -0.431. The fourth-order valence-corrected chi connectivity index (χ4v) is 5.52. The molecule has 0 heterocycles. The monoisotopic (exact) mass is 529 g/mol. The molecular formula is C28H36ClN3O3S. The largest absolute Gasteiger partial charge is 0.497 e. The second-order valence-corrected chi connectivity index (χ2v) is 11.0. The maximum Gasteiger partial charge on any atom is 0.276 e. The highest BCUT2D eigenvalue weighted by molar-refractivity contribution is 7.87.